The Hall–Kier alpha value is -2.96. The van der Waals surface area contributed by atoms with E-state index >= 15 is 0 Å². The fourth-order valence-corrected chi connectivity index (χ4v) is 3.05. The Bertz CT molecular complexity index is 765. The Morgan fingerprint density at radius 2 is 2.00 bits per heavy atom. The molecule has 0 radical (unpaired) electrons. The summed E-state index contributed by atoms with van der Waals surface area (Å²) in [6.45, 7) is 4.92. The number of guanidine groups is 1. The molecular weight excluding hydrogens is 344 g/mol. The number of benzene rings is 1. The number of primary amides is 1. The molecule has 2 heterocycles. The minimum Gasteiger partial charge on any atom is -0.490 e. The molecule has 0 atom stereocenters. The summed E-state index contributed by atoms with van der Waals surface area (Å²) in [6, 6.07) is 13.2. The normalized spacial score (nSPS) is 15.6. The Morgan fingerprint density at radius 3 is 2.63 bits per heavy atom. The number of ether oxygens (including phenoxy) is 1. The Balaban J connectivity index is 1.56. The molecule has 7 nitrogen and oxygen atoms in total. The molecule has 3 N–H and O–H groups in total. The van der Waals surface area contributed by atoms with Gasteiger partial charge in [-0.25, -0.2) is 4.99 Å². The number of para-hydroxylation sites is 1. The van der Waals surface area contributed by atoms with Crippen LogP contribution in [0.15, 0.2) is 51.9 Å². The highest BCUT2D eigenvalue weighted by atomic mass is 16.5. The van der Waals surface area contributed by atoms with Crippen molar-refractivity contribution in [3.8, 4) is 5.75 Å². The van der Waals surface area contributed by atoms with Crippen LogP contribution in [0.25, 0.3) is 0 Å². The lowest BCUT2D eigenvalue weighted by molar-refractivity contribution is 0.0972. The van der Waals surface area contributed by atoms with Crippen LogP contribution < -0.4 is 15.8 Å². The van der Waals surface area contributed by atoms with E-state index in [0.717, 1.165) is 44.2 Å². The maximum absolute atomic E-state index is 11.1. The van der Waals surface area contributed by atoms with Crippen LogP contribution in [0.3, 0.4) is 0 Å². The van der Waals surface area contributed by atoms with Crippen molar-refractivity contribution in [2.45, 2.75) is 32.4 Å². The first-order valence-corrected chi connectivity index (χ1v) is 9.29. The summed E-state index contributed by atoms with van der Waals surface area (Å²) in [5, 5.41) is 3.32. The Labute approximate surface area is 159 Å². The van der Waals surface area contributed by atoms with Crippen LogP contribution in [0.2, 0.25) is 0 Å². The number of aliphatic imine (C=N–C) groups is 1. The summed E-state index contributed by atoms with van der Waals surface area (Å²) in [6.07, 6.45) is 2.09. The molecule has 27 heavy (non-hydrogen) atoms. The van der Waals surface area contributed by atoms with E-state index in [-0.39, 0.29) is 11.9 Å². The number of nitrogens with one attached hydrogen (secondary N) is 1. The Morgan fingerprint density at radius 1 is 1.26 bits per heavy atom. The van der Waals surface area contributed by atoms with E-state index in [4.69, 9.17) is 14.9 Å². The topological polar surface area (TPSA) is 93.1 Å². The van der Waals surface area contributed by atoms with Gasteiger partial charge >= 0.3 is 0 Å². The monoisotopic (exact) mass is 370 g/mol. The van der Waals surface area contributed by atoms with E-state index in [1.165, 1.54) is 0 Å². The molecule has 0 aliphatic carbocycles. The second-order valence-electron chi connectivity index (χ2n) is 6.42. The fraction of sp³-hybridized carbons (Fsp3) is 0.400. The molecule has 1 saturated heterocycles. The van der Waals surface area contributed by atoms with Crippen LogP contribution in [-0.2, 0) is 6.54 Å². The number of hydrogen-bond donors (Lipinski definition) is 2. The first-order valence-electron chi connectivity index (χ1n) is 9.29. The van der Waals surface area contributed by atoms with Crippen molar-refractivity contribution in [3.05, 3.63) is 54.0 Å². The maximum Gasteiger partial charge on any atom is 0.284 e. The van der Waals surface area contributed by atoms with Gasteiger partial charge < -0.3 is 25.1 Å². The average molecular weight is 370 g/mol. The van der Waals surface area contributed by atoms with Gasteiger partial charge in [0.1, 0.15) is 24.2 Å². The second-order valence-corrected chi connectivity index (χ2v) is 6.42. The van der Waals surface area contributed by atoms with Crippen molar-refractivity contribution in [3.63, 3.8) is 0 Å². The molecule has 3 rings (SSSR count). The number of likely N-dealkylation sites (tertiary alicyclic amines) is 1. The molecule has 0 saturated carbocycles. The van der Waals surface area contributed by atoms with Gasteiger partial charge in [-0.2, -0.15) is 0 Å². The van der Waals surface area contributed by atoms with Gasteiger partial charge in [0, 0.05) is 32.5 Å². The average Bonchev–Trinajstić information content (AvgIpc) is 3.16. The summed E-state index contributed by atoms with van der Waals surface area (Å²) in [5.74, 6) is 1.95. The lowest BCUT2D eigenvalue weighted by Crippen LogP contribution is -2.47. The van der Waals surface area contributed by atoms with E-state index < -0.39 is 5.91 Å². The number of nitrogens with two attached hydrogens (primary N) is 1. The zero-order valence-corrected chi connectivity index (χ0v) is 15.6. The van der Waals surface area contributed by atoms with Crippen molar-refractivity contribution in [1.82, 2.24) is 10.2 Å². The first kappa shape index (κ1) is 18.8. The van der Waals surface area contributed by atoms with Gasteiger partial charge in [0.15, 0.2) is 11.7 Å². The van der Waals surface area contributed by atoms with Crippen LogP contribution in [0, 0.1) is 0 Å². The molecule has 2 aromatic rings. The van der Waals surface area contributed by atoms with Crippen LogP contribution in [-0.4, -0.2) is 42.5 Å². The minimum absolute atomic E-state index is 0.157. The standard InChI is InChI=1S/C20H26N4O3/c1-2-22-20(23-14-17-8-9-18(27-17)19(21)25)24-12-10-16(11-13-24)26-15-6-4-3-5-7-15/h3-9,16H,2,10-14H2,1H3,(H2,21,25)(H,22,23). The highest BCUT2D eigenvalue weighted by Gasteiger charge is 2.22. The SMILES string of the molecule is CCNC(=NCc1ccc(C(N)=O)o1)N1CCC(Oc2ccccc2)CC1. The highest BCUT2D eigenvalue weighted by Crippen LogP contribution is 2.19. The maximum atomic E-state index is 11.1. The molecule has 7 heteroatoms. The number of amides is 1. The molecule has 144 valence electrons. The van der Waals surface area contributed by atoms with Gasteiger partial charge in [-0.1, -0.05) is 18.2 Å². The number of piperidine rings is 1. The highest BCUT2D eigenvalue weighted by molar-refractivity contribution is 5.89. The molecular formula is C20H26N4O3. The van der Waals surface area contributed by atoms with Crippen LogP contribution >= 0.6 is 0 Å². The van der Waals surface area contributed by atoms with Crippen LogP contribution in [0.1, 0.15) is 36.1 Å². The summed E-state index contributed by atoms with van der Waals surface area (Å²) < 4.78 is 11.4. The van der Waals surface area contributed by atoms with Crippen molar-refractivity contribution in [1.29, 1.82) is 0 Å². The second kappa shape index (κ2) is 9.12. The van der Waals surface area contributed by atoms with Crippen molar-refractivity contribution >= 4 is 11.9 Å². The predicted molar refractivity (Wildman–Crippen MR) is 104 cm³/mol. The third kappa shape index (κ3) is 5.26. The quantitative estimate of drug-likeness (QED) is 0.602. The summed E-state index contributed by atoms with van der Waals surface area (Å²) in [7, 11) is 0. The van der Waals surface area contributed by atoms with E-state index in [1.807, 2.05) is 37.3 Å². The lowest BCUT2D eigenvalue weighted by atomic mass is 10.1. The van der Waals surface area contributed by atoms with Gasteiger partial charge in [-0.3, -0.25) is 4.79 Å². The van der Waals surface area contributed by atoms with E-state index in [2.05, 4.69) is 15.2 Å². The molecule has 0 spiro atoms. The van der Waals surface area contributed by atoms with E-state index in [0.29, 0.717) is 12.3 Å². The molecule has 1 amide bonds. The number of hydrogen-bond acceptors (Lipinski definition) is 4. The number of nitrogens with zero attached hydrogens (tertiary/aromatic N) is 2. The molecule has 1 aromatic heterocycles. The predicted octanol–water partition coefficient (Wildman–Crippen LogP) is 2.39. The van der Waals surface area contributed by atoms with Gasteiger partial charge in [-0.15, -0.1) is 0 Å². The van der Waals surface area contributed by atoms with Crippen LogP contribution in [0.4, 0.5) is 0 Å². The van der Waals surface area contributed by atoms with E-state index in [9.17, 15) is 4.79 Å². The first-order chi connectivity index (χ1) is 13.2. The lowest BCUT2D eigenvalue weighted by Gasteiger charge is -2.34. The van der Waals surface area contributed by atoms with Crippen molar-refractivity contribution in [2.75, 3.05) is 19.6 Å². The summed E-state index contributed by atoms with van der Waals surface area (Å²) in [4.78, 5) is 18.0. The van der Waals surface area contributed by atoms with Crippen molar-refractivity contribution in [2.24, 2.45) is 10.7 Å². The molecule has 1 aromatic carbocycles. The number of carbonyl (C=O) groups is 1. The van der Waals surface area contributed by atoms with Gasteiger partial charge in [0.05, 0.1) is 0 Å². The number of furan rings is 1. The zero-order valence-electron chi connectivity index (χ0n) is 15.6. The number of rotatable bonds is 6. The largest absolute Gasteiger partial charge is 0.490 e. The summed E-state index contributed by atoms with van der Waals surface area (Å²) in [5.41, 5.74) is 5.21. The molecule has 1 aliphatic heterocycles. The molecule has 1 fully saturated rings. The minimum atomic E-state index is -0.572. The third-order valence-electron chi connectivity index (χ3n) is 4.41. The molecule has 1 aliphatic rings. The van der Waals surface area contributed by atoms with Crippen molar-refractivity contribution < 1.29 is 13.9 Å². The smallest absolute Gasteiger partial charge is 0.284 e. The number of carbonyl (C=O) groups excluding carboxylic acids is 1. The van der Waals surface area contributed by atoms with Gasteiger partial charge in [-0.05, 0) is 31.2 Å². The molecule has 0 bridgehead atoms. The van der Waals surface area contributed by atoms with Gasteiger partial charge in [0.2, 0.25) is 0 Å². The Kier molecular flexibility index (Phi) is 6.35. The van der Waals surface area contributed by atoms with Crippen LogP contribution in [0.5, 0.6) is 5.75 Å². The van der Waals surface area contributed by atoms with Gasteiger partial charge in [0.25, 0.3) is 5.91 Å². The summed E-state index contributed by atoms with van der Waals surface area (Å²) >= 11 is 0. The molecule has 0 unspecified atom stereocenters. The fourth-order valence-electron chi connectivity index (χ4n) is 3.05. The zero-order chi connectivity index (χ0) is 19.1. The third-order valence-corrected chi connectivity index (χ3v) is 4.41. The van der Waals surface area contributed by atoms with E-state index in [1.54, 1.807) is 12.1 Å².